The molecule has 0 aliphatic carbocycles. The highest BCUT2D eigenvalue weighted by molar-refractivity contribution is 6.22. The monoisotopic (exact) mass is 385 g/mol. The first-order chi connectivity index (χ1) is 12.7. The van der Waals surface area contributed by atoms with Crippen LogP contribution in [-0.2, 0) is 14.4 Å². The molecule has 0 bridgehead atoms. The molecule has 0 radical (unpaired) electrons. The van der Waals surface area contributed by atoms with E-state index in [1.54, 1.807) is 0 Å². The lowest BCUT2D eigenvalue weighted by Gasteiger charge is -2.33. The van der Waals surface area contributed by atoms with Gasteiger partial charge in [-0.25, -0.2) is 4.90 Å². The molecule has 2 saturated heterocycles. The number of nitrogens with two attached hydrogens (primary N) is 1. The zero-order chi connectivity index (χ0) is 19.8. The van der Waals surface area contributed by atoms with E-state index < -0.39 is 30.0 Å². The van der Waals surface area contributed by atoms with Gasteiger partial charge in [-0.15, -0.1) is 13.2 Å². The van der Waals surface area contributed by atoms with Crippen molar-refractivity contribution in [2.75, 3.05) is 18.0 Å². The van der Waals surface area contributed by atoms with Crippen LogP contribution in [0.3, 0.4) is 0 Å². The highest BCUT2D eigenvalue weighted by Gasteiger charge is 2.44. The third-order valence-corrected chi connectivity index (χ3v) is 4.80. The number of amides is 3. The first-order valence-electron chi connectivity index (χ1n) is 8.41. The lowest BCUT2D eigenvalue weighted by atomic mass is 9.95. The average molecular weight is 385 g/mol. The number of benzene rings is 1. The molecule has 10 heteroatoms. The first kappa shape index (κ1) is 19.2. The number of rotatable bonds is 4. The van der Waals surface area contributed by atoms with Gasteiger partial charge < -0.3 is 10.5 Å². The molecule has 1 atom stereocenters. The number of piperidine rings is 1. The Balaban J connectivity index is 1.73. The Morgan fingerprint density at radius 1 is 1.19 bits per heavy atom. The second kappa shape index (κ2) is 7.18. The van der Waals surface area contributed by atoms with Gasteiger partial charge in [-0.3, -0.25) is 19.3 Å². The smallest absolute Gasteiger partial charge is 0.406 e. The van der Waals surface area contributed by atoms with Crippen LogP contribution in [0.4, 0.5) is 18.9 Å². The van der Waals surface area contributed by atoms with Crippen molar-refractivity contribution < 1.29 is 32.3 Å². The van der Waals surface area contributed by atoms with Gasteiger partial charge in [0.2, 0.25) is 11.8 Å². The Morgan fingerprint density at radius 3 is 2.44 bits per heavy atom. The van der Waals surface area contributed by atoms with Gasteiger partial charge in [0, 0.05) is 12.0 Å². The Kier molecular flexibility index (Phi) is 5.09. The van der Waals surface area contributed by atoms with Crippen LogP contribution in [0.5, 0.6) is 5.75 Å². The summed E-state index contributed by atoms with van der Waals surface area (Å²) in [4.78, 5) is 39.0. The summed E-state index contributed by atoms with van der Waals surface area (Å²) in [7, 11) is 0. The molecule has 2 aliphatic heterocycles. The predicted octanol–water partition coefficient (Wildman–Crippen LogP) is 1.41. The third kappa shape index (κ3) is 4.21. The van der Waals surface area contributed by atoms with E-state index in [4.69, 9.17) is 5.73 Å². The number of primary amides is 1. The van der Waals surface area contributed by atoms with Gasteiger partial charge in [0.05, 0.1) is 18.2 Å². The fraction of sp³-hybridized carbons (Fsp3) is 0.471. The largest absolute Gasteiger partial charge is 0.573 e. The highest BCUT2D eigenvalue weighted by atomic mass is 19.4. The number of carbonyl (C=O) groups excluding carboxylic acids is 3. The molecule has 0 spiro atoms. The second-order valence-electron chi connectivity index (χ2n) is 6.55. The molecule has 1 aromatic rings. The maximum absolute atomic E-state index is 12.7. The van der Waals surface area contributed by atoms with Gasteiger partial charge in [0.1, 0.15) is 5.75 Å². The lowest BCUT2D eigenvalue weighted by Crippen LogP contribution is -2.47. The summed E-state index contributed by atoms with van der Waals surface area (Å²) in [5.41, 5.74) is 5.32. The van der Waals surface area contributed by atoms with Gasteiger partial charge in [-0.05, 0) is 38.1 Å². The van der Waals surface area contributed by atoms with E-state index in [9.17, 15) is 27.6 Å². The second-order valence-corrected chi connectivity index (χ2v) is 6.55. The Hall–Kier alpha value is -2.62. The number of alkyl halides is 3. The van der Waals surface area contributed by atoms with Crippen molar-refractivity contribution in [3.8, 4) is 5.75 Å². The molecule has 2 aliphatic rings. The molecule has 3 amide bonds. The molecular weight excluding hydrogens is 367 g/mol. The van der Waals surface area contributed by atoms with Gasteiger partial charge in [0.15, 0.2) is 0 Å². The molecule has 2 fully saturated rings. The Morgan fingerprint density at radius 2 is 1.85 bits per heavy atom. The van der Waals surface area contributed by atoms with Crippen LogP contribution in [0.15, 0.2) is 24.3 Å². The number of hydrogen-bond donors (Lipinski definition) is 1. The third-order valence-electron chi connectivity index (χ3n) is 4.80. The van der Waals surface area contributed by atoms with E-state index in [0.29, 0.717) is 25.9 Å². The maximum atomic E-state index is 12.7. The maximum Gasteiger partial charge on any atom is 0.573 e. The van der Waals surface area contributed by atoms with Gasteiger partial charge in [-0.1, -0.05) is 6.07 Å². The van der Waals surface area contributed by atoms with Gasteiger partial charge >= 0.3 is 6.36 Å². The first-order valence-corrected chi connectivity index (χ1v) is 8.41. The molecule has 146 valence electrons. The van der Waals surface area contributed by atoms with Crippen LogP contribution in [0.2, 0.25) is 0 Å². The van der Waals surface area contributed by atoms with Crippen molar-refractivity contribution in [3.63, 3.8) is 0 Å². The number of imide groups is 1. The normalized spacial score (nSPS) is 22.3. The van der Waals surface area contributed by atoms with Crippen molar-refractivity contribution in [1.82, 2.24) is 4.90 Å². The number of halogens is 3. The van der Waals surface area contributed by atoms with Gasteiger partial charge in [0.25, 0.3) is 5.91 Å². The number of nitrogens with zero attached hydrogens (tertiary/aromatic N) is 2. The van der Waals surface area contributed by atoms with E-state index in [2.05, 4.69) is 4.74 Å². The number of likely N-dealkylation sites (tertiary alicyclic amines) is 1. The Labute approximate surface area is 152 Å². The quantitative estimate of drug-likeness (QED) is 0.792. The fourth-order valence-electron chi connectivity index (χ4n) is 3.49. The number of anilines is 1. The minimum Gasteiger partial charge on any atom is -0.406 e. The SMILES string of the molecule is NC(=O)C1CCN([C@H]2CC(=O)N(c3cccc(OC(F)(F)F)c3)C2=O)CC1. The Bertz CT molecular complexity index is 760. The van der Waals surface area contributed by atoms with E-state index >= 15 is 0 Å². The summed E-state index contributed by atoms with van der Waals surface area (Å²) in [6, 6.07) is 4.06. The van der Waals surface area contributed by atoms with Crippen molar-refractivity contribution >= 4 is 23.4 Å². The van der Waals surface area contributed by atoms with Gasteiger partial charge in [-0.2, -0.15) is 0 Å². The molecule has 27 heavy (non-hydrogen) atoms. The highest BCUT2D eigenvalue weighted by Crippen LogP contribution is 2.32. The molecule has 0 aromatic heterocycles. The van der Waals surface area contributed by atoms with Crippen molar-refractivity contribution in [3.05, 3.63) is 24.3 Å². The minimum absolute atomic E-state index is 0.0290. The van der Waals surface area contributed by atoms with Crippen LogP contribution in [-0.4, -0.2) is 48.1 Å². The molecule has 2 N–H and O–H groups in total. The van der Waals surface area contributed by atoms with Crippen LogP contribution in [0.25, 0.3) is 0 Å². The number of ether oxygens (including phenoxy) is 1. The average Bonchev–Trinajstić information content (AvgIpc) is 2.88. The molecular formula is C17H18F3N3O4. The lowest BCUT2D eigenvalue weighted by molar-refractivity contribution is -0.274. The predicted molar refractivity (Wildman–Crippen MR) is 87.5 cm³/mol. The molecule has 2 heterocycles. The summed E-state index contributed by atoms with van der Waals surface area (Å²) in [6.45, 7) is 0.894. The topological polar surface area (TPSA) is 92.9 Å². The number of hydrogen-bond acceptors (Lipinski definition) is 5. The van der Waals surface area contributed by atoms with E-state index in [1.807, 2.05) is 4.90 Å². The number of carbonyl (C=O) groups is 3. The molecule has 7 nitrogen and oxygen atoms in total. The summed E-state index contributed by atoms with van der Waals surface area (Å²) in [5.74, 6) is -2.13. The molecule has 1 aromatic carbocycles. The zero-order valence-corrected chi connectivity index (χ0v) is 14.2. The standard InChI is InChI=1S/C17H18F3N3O4/c18-17(19,20)27-12-3-1-2-11(8-12)23-14(24)9-13(16(23)26)22-6-4-10(5-7-22)15(21)25/h1-3,8,10,13H,4-7,9H2,(H2,21,25)/t13-/m0/s1. The van der Waals surface area contributed by atoms with Crippen molar-refractivity contribution in [2.45, 2.75) is 31.7 Å². The van der Waals surface area contributed by atoms with Crippen molar-refractivity contribution in [2.24, 2.45) is 11.7 Å². The molecule has 3 rings (SSSR count). The fourth-order valence-corrected chi connectivity index (χ4v) is 3.49. The zero-order valence-electron chi connectivity index (χ0n) is 14.2. The summed E-state index contributed by atoms with van der Waals surface area (Å²) in [6.07, 6.45) is -3.93. The summed E-state index contributed by atoms with van der Waals surface area (Å²) < 4.78 is 41.0. The van der Waals surface area contributed by atoms with Crippen LogP contribution in [0.1, 0.15) is 19.3 Å². The van der Waals surface area contributed by atoms with E-state index in [-0.39, 0.29) is 23.9 Å². The summed E-state index contributed by atoms with van der Waals surface area (Å²) >= 11 is 0. The van der Waals surface area contributed by atoms with Crippen LogP contribution in [0, 0.1) is 5.92 Å². The molecule has 0 saturated carbocycles. The van der Waals surface area contributed by atoms with Crippen LogP contribution < -0.4 is 15.4 Å². The van der Waals surface area contributed by atoms with E-state index in [1.165, 1.54) is 12.1 Å². The summed E-state index contributed by atoms with van der Waals surface area (Å²) in [5, 5.41) is 0. The molecule has 0 unspecified atom stereocenters. The minimum atomic E-state index is -4.87. The van der Waals surface area contributed by atoms with Crippen LogP contribution >= 0.6 is 0 Å². The van der Waals surface area contributed by atoms with E-state index in [0.717, 1.165) is 17.0 Å². The van der Waals surface area contributed by atoms with Crippen molar-refractivity contribution in [1.29, 1.82) is 0 Å².